The van der Waals surface area contributed by atoms with Crippen molar-refractivity contribution in [1.29, 1.82) is 0 Å². The number of nitrogen functional groups attached to an aromatic ring is 1. The highest BCUT2D eigenvalue weighted by atomic mass is 15.3. The Morgan fingerprint density at radius 3 is 2.93 bits per heavy atom. The van der Waals surface area contributed by atoms with E-state index in [1.165, 1.54) is 12.8 Å². The molecule has 1 aromatic heterocycles. The molecule has 0 aromatic carbocycles. The molecule has 0 amide bonds. The monoisotopic (exact) mass is 194 g/mol. The minimum absolute atomic E-state index is 0.448. The summed E-state index contributed by atoms with van der Waals surface area (Å²) in [6, 6.07) is 0.546. The number of aryl methyl sites for hydroxylation is 1. The minimum atomic E-state index is 0.448. The second-order valence-corrected chi connectivity index (χ2v) is 4.52. The molecular formula is C10H18N4. The lowest BCUT2D eigenvalue weighted by Crippen LogP contribution is -2.11. The Bertz CT molecular complexity index is 344. The number of nitrogens with zero attached hydrogens (tertiary/aromatic N) is 2. The van der Waals surface area contributed by atoms with Gasteiger partial charge in [0.2, 0.25) is 0 Å². The van der Waals surface area contributed by atoms with E-state index in [-0.39, 0.29) is 0 Å². The van der Waals surface area contributed by atoms with Crippen molar-refractivity contribution in [3.8, 4) is 0 Å². The third kappa shape index (κ3) is 1.45. The number of anilines is 2. The van der Waals surface area contributed by atoms with Gasteiger partial charge < -0.3 is 11.1 Å². The topological polar surface area (TPSA) is 55.9 Å². The third-order valence-electron chi connectivity index (χ3n) is 3.33. The smallest absolute Gasteiger partial charge is 0.171 e. The maximum Gasteiger partial charge on any atom is 0.171 e. The molecule has 1 aliphatic rings. The summed E-state index contributed by atoms with van der Waals surface area (Å²) >= 11 is 0. The van der Waals surface area contributed by atoms with Crippen LogP contribution in [0.15, 0.2) is 6.20 Å². The van der Waals surface area contributed by atoms with E-state index in [1.54, 1.807) is 4.68 Å². The van der Waals surface area contributed by atoms with Gasteiger partial charge in [-0.2, -0.15) is 5.10 Å². The zero-order chi connectivity index (χ0) is 10.3. The van der Waals surface area contributed by atoms with Gasteiger partial charge in [0, 0.05) is 19.3 Å². The van der Waals surface area contributed by atoms with E-state index in [9.17, 15) is 0 Å². The van der Waals surface area contributed by atoms with Gasteiger partial charge in [0.1, 0.15) is 0 Å². The Balaban J connectivity index is 2.03. The van der Waals surface area contributed by atoms with Crippen LogP contribution in [-0.2, 0) is 7.05 Å². The lowest BCUT2D eigenvalue weighted by Gasteiger charge is -2.08. The van der Waals surface area contributed by atoms with Crippen molar-refractivity contribution in [2.24, 2.45) is 12.5 Å². The van der Waals surface area contributed by atoms with Crippen molar-refractivity contribution in [2.45, 2.75) is 32.7 Å². The number of rotatable bonds is 3. The zero-order valence-corrected chi connectivity index (χ0v) is 9.04. The van der Waals surface area contributed by atoms with Gasteiger partial charge in [-0.3, -0.25) is 4.68 Å². The van der Waals surface area contributed by atoms with E-state index in [0.29, 0.717) is 11.5 Å². The van der Waals surface area contributed by atoms with Gasteiger partial charge in [-0.1, -0.05) is 13.8 Å². The Labute approximate surface area is 84.5 Å². The van der Waals surface area contributed by atoms with Crippen LogP contribution in [0.2, 0.25) is 0 Å². The molecule has 0 aliphatic heterocycles. The van der Waals surface area contributed by atoms with Crippen LogP contribution in [0.1, 0.15) is 26.7 Å². The first kappa shape index (κ1) is 9.37. The van der Waals surface area contributed by atoms with Crippen molar-refractivity contribution < 1.29 is 0 Å². The van der Waals surface area contributed by atoms with Crippen LogP contribution in [-0.4, -0.2) is 15.8 Å². The lowest BCUT2D eigenvalue weighted by molar-refractivity contribution is 0.535. The van der Waals surface area contributed by atoms with Gasteiger partial charge in [0.05, 0.1) is 5.69 Å². The quantitative estimate of drug-likeness (QED) is 0.768. The highest BCUT2D eigenvalue weighted by molar-refractivity contribution is 5.61. The standard InChI is InChI=1S/C10H18N4/c1-4-10(2)5-8(10)12-9-7(11)6-14(3)13-9/h6,8H,4-5,11H2,1-3H3,(H,12,13). The molecule has 1 aromatic rings. The van der Waals surface area contributed by atoms with Gasteiger partial charge in [-0.25, -0.2) is 0 Å². The number of nitrogens with one attached hydrogen (secondary N) is 1. The summed E-state index contributed by atoms with van der Waals surface area (Å²) in [6.45, 7) is 4.52. The fourth-order valence-electron chi connectivity index (χ4n) is 1.81. The van der Waals surface area contributed by atoms with E-state index >= 15 is 0 Å². The van der Waals surface area contributed by atoms with Crippen molar-refractivity contribution in [2.75, 3.05) is 11.1 Å². The molecule has 0 bridgehead atoms. The molecular weight excluding hydrogens is 176 g/mol. The Kier molecular flexibility index (Phi) is 1.94. The van der Waals surface area contributed by atoms with Crippen LogP contribution in [0.3, 0.4) is 0 Å². The average molecular weight is 194 g/mol. The molecule has 0 saturated heterocycles. The van der Waals surface area contributed by atoms with E-state index in [1.807, 2.05) is 13.2 Å². The summed E-state index contributed by atoms with van der Waals surface area (Å²) in [5.74, 6) is 0.828. The number of hydrogen-bond acceptors (Lipinski definition) is 3. The second kappa shape index (κ2) is 2.90. The molecule has 2 unspecified atom stereocenters. The van der Waals surface area contributed by atoms with Crippen molar-refractivity contribution in [3.63, 3.8) is 0 Å². The summed E-state index contributed by atoms with van der Waals surface area (Å²) in [4.78, 5) is 0. The summed E-state index contributed by atoms with van der Waals surface area (Å²) in [7, 11) is 1.88. The van der Waals surface area contributed by atoms with Gasteiger partial charge in [-0.05, 0) is 18.3 Å². The summed E-state index contributed by atoms with van der Waals surface area (Å²) < 4.78 is 1.74. The van der Waals surface area contributed by atoms with Crippen LogP contribution in [0.25, 0.3) is 0 Å². The van der Waals surface area contributed by atoms with Gasteiger partial charge >= 0.3 is 0 Å². The highest BCUT2D eigenvalue weighted by Crippen LogP contribution is 2.50. The molecule has 1 aliphatic carbocycles. The van der Waals surface area contributed by atoms with Crippen molar-refractivity contribution in [1.82, 2.24) is 9.78 Å². The van der Waals surface area contributed by atoms with Crippen LogP contribution >= 0.6 is 0 Å². The molecule has 2 atom stereocenters. The highest BCUT2D eigenvalue weighted by Gasteiger charge is 2.48. The predicted octanol–water partition coefficient (Wildman–Crippen LogP) is 1.60. The molecule has 1 fully saturated rings. The number of aromatic nitrogens is 2. The average Bonchev–Trinajstić information content (AvgIpc) is 2.65. The SMILES string of the molecule is CCC1(C)CC1Nc1nn(C)cc1N. The minimum Gasteiger partial charge on any atom is -0.394 e. The molecule has 78 valence electrons. The summed E-state index contributed by atoms with van der Waals surface area (Å²) in [5.41, 5.74) is 6.98. The van der Waals surface area contributed by atoms with Gasteiger partial charge in [0.15, 0.2) is 5.82 Å². The first-order valence-electron chi connectivity index (χ1n) is 5.11. The Hall–Kier alpha value is -1.19. The third-order valence-corrected chi connectivity index (χ3v) is 3.33. The van der Waals surface area contributed by atoms with Crippen LogP contribution in [0, 0.1) is 5.41 Å². The molecule has 1 saturated carbocycles. The van der Waals surface area contributed by atoms with Crippen LogP contribution < -0.4 is 11.1 Å². The molecule has 4 nitrogen and oxygen atoms in total. The summed E-state index contributed by atoms with van der Waals surface area (Å²) in [6.07, 6.45) is 4.25. The maximum absolute atomic E-state index is 5.80. The normalized spacial score (nSPS) is 30.4. The summed E-state index contributed by atoms with van der Waals surface area (Å²) in [5, 5.41) is 7.66. The van der Waals surface area contributed by atoms with Crippen molar-refractivity contribution in [3.05, 3.63) is 6.20 Å². The molecule has 3 N–H and O–H groups in total. The molecule has 4 heteroatoms. The second-order valence-electron chi connectivity index (χ2n) is 4.52. The molecule has 0 spiro atoms. The van der Waals surface area contributed by atoms with Crippen LogP contribution in [0.4, 0.5) is 11.5 Å². The van der Waals surface area contributed by atoms with Crippen LogP contribution in [0.5, 0.6) is 0 Å². The Morgan fingerprint density at radius 2 is 2.50 bits per heavy atom. The zero-order valence-electron chi connectivity index (χ0n) is 9.04. The fourth-order valence-corrected chi connectivity index (χ4v) is 1.81. The van der Waals surface area contributed by atoms with E-state index in [4.69, 9.17) is 5.73 Å². The van der Waals surface area contributed by atoms with E-state index < -0.39 is 0 Å². The Morgan fingerprint density at radius 1 is 1.79 bits per heavy atom. The van der Waals surface area contributed by atoms with E-state index in [0.717, 1.165) is 11.5 Å². The molecule has 0 radical (unpaired) electrons. The predicted molar refractivity (Wildman–Crippen MR) is 58.0 cm³/mol. The molecule has 2 rings (SSSR count). The first-order valence-corrected chi connectivity index (χ1v) is 5.11. The largest absolute Gasteiger partial charge is 0.394 e. The lowest BCUT2D eigenvalue weighted by atomic mass is 10.1. The van der Waals surface area contributed by atoms with Gasteiger partial charge in [0.25, 0.3) is 0 Å². The molecule has 1 heterocycles. The first-order chi connectivity index (χ1) is 6.55. The van der Waals surface area contributed by atoms with Gasteiger partial charge in [-0.15, -0.1) is 0 Å². The number of hydrogen-bond donors (Lipinski definition) is 2. The van der Waals surface area contributed by atoms with Crippen molar-refractivity contribution >= 4 is 11.5 Å². The maximum atomic E-state index is 5.80. The van der Waals surface area contributed by atoms with E-state index in [2.05, 4.69) is 24.3 Å². The fraction of sp³-hybridized carbons (Fsp3) is 0.700. The molecule has 14 heavy (non-hydrogen) atoms. The number of nitrogens with two attached hydrogens (primary N) is 1.